The van der Waals surface area contributed by atoms with Gasteiger partial charge in [-0.1, -0.05) is 42.5 Å². The summed E-state index contributed by atoms with van der Waals surface area (Å²) in [6.45, 7) is 0.156. The molecule has 2 aromatic carbocycles. The van der Waals surface area contributed by atoms with Gasteiger partial charge in [0, 0.05) is 0 Å². The lowest BCUT2D eigenvalue weighted by atomic mass is 10.1. The summed E-state index contributed by atoms with van der Waals surface area (Å²) >= 11 is 0. The van der Waals surface area contributed by atoms with Crippen molar-refractivity contribution in [1.29, 1.82) is 0 Å². The van der Waals surface area contributed by atoms with Crippen molar-refractivity contribution in [3.8, 4) is 0 Å². The van der Waals surface area contributed by atoms with Crippen LogP contribution in [0.25, 0.3) is 0 Å². The number of hydrogen-bond acceptors (Lipinski definition) is 3. The normalized spacial score (nSPS) is 10.1. The Morgan fingerprint density at radius 1 is 0.870 bits per heavy atom. The van der Waals surface area contributed by atoms with E-state index in [1.165, 1.54) is 24.3 Å². The van der Waals surface area contributed by atoms with Gasteiger partial charge < -0.3 is 4.74 Å². The van der Waals surface area contributed by atoms with Crippen LogP contribution in [0.3, 0.4) is 0 Å². The topological polar surface area (TPSA) is 67.4 Å². The smallest absolute Gasteiger partial charge is 0.264 e. The number of halogens is 1. The number of nitrogens with one attached hydrogen (secondary N) is 2. The fraction of sp³-hybridized carbons (Fsp3) is 0.176. The van der Waals surface area contributed by atoms with Crippen LogP contribution in [0.1, 0.15) is 11.1 Å². The molecule has 0 unspecified atom stereocenters. The molecule has 0 spiro atoms. The van der Waals surface area contributed by atoms with E-state index in [2.05, 4.69) is 10.9 Å². The summed E-state index contributed by atoms with van der Waals surface area (Å²) in [7, 11) is 0. The predicted molar refractivity (Wildman–Crippen MR) is 82.5 cm³/mol. The number of amides is 2. The van der Waals surface area contributed by atoms with E-state index in [0.29, 0.717) is 12.2 Å². The van der Waals surface area contributed by atoms with Gasteiger partial charge in [-0.25, -0.2) is 4.39 Å². The van der Waals surface area contributed by atoms with Gasteiger partial charge in [0.05, 0.1) is 13.0 Å². The van der Waals surface area contributed by atoms with Crippen LogP contribution in [-0.4, -0.2) is 18.4 Å². The molecular weight excluding hydrogens is 299 g/mol. The highest BCUT2D eigenvalue weighted by atomic mass is 19.1. The average molecular weight is 316 g/mol. The minimum atomic E-state index is -0.451. The van der Waals surface area contributed by atoms with Crippen molar-refractivity contribution < 1.29 is 18.7 Å². The highest BCUT2D eigenvalue weighted by molar-refractivity contribution is 5.83. The van der Waals surface area contributed by atoms with Gasteiger partial charge in [0.1, 0.15) is 12.4 Å². The quantitative estimate of drug-likeness (QED) is 0.798. The van der Waals surface area contributed by atoms with E-state index in [1.807, 2.05) is 30.3 Å². The number of rotatable bonds is 6. The van der Waals surface area contributed by atoms with Crippen LogP contribution >= 0.6 is 0 Å². The standard InChI is InChI=1S/C17H17FN2O3/c18-15-8-6-13(7-9-15)10-16(21)19-20-17(22)12-23-11-14-4-2-1-3-5-14/h1-9H,10-12H2,(H,19,21)(H,20,22). The van der Waals surface area contributed by atoms with Crippen molar-refractivity contribution in [1.82, 2.24) is 10.9 Å². The van der Waals surface area contributed by atoms with Crippen LogP contribution in [-0.2, 0) is 27.4 Å². The monoisotopic (exact) mass is 316 g/mol. The first-order chi connectivity index (χ1) is 11.1. The van der Waals surface area contributed by atoms with Gasteiger partial charge in [-0.05, 0) is 23.3 Å². The lowest BCUT2D eigenvalue weighted by molar-refractivity contribution is -0.131. The molecule has 0 aliphatic heterocycles. The molecule has 0 saturated heterocycles. The third kappa shape index (κ3) is 6.27. The first-order valence-electron chi connectivity index (χ1n) is 7.07. The summed E-state index contributed by atoms with van der Waals surface area (Å²) in [6, 6.07) is 15.0. The lowest BCUT2D eigenvalue weighted by Gasteiger charge is -2.08. The molecular formula is C17H17FN2O3. The second-order valence-corrected chi connectivity index (χ2v) is 4.88. The second kappa shape index (κ2) is 8.65. The van der Waals surface area contributed by atoms with Gasteiger partial charge in [-0.2, -0.15) is 0 Å². The second-order valence-electron chi connectivity index (χ2n) is 4.88. The highest BCUT2D eigenvalue weighted by Crippen LogP contribution is 2.03. The van der Waals surface area contributed by atoms with Crippen LogP contribution in [0.5, 0.6) is 0 Å². The molecule has 0 bridgehead atoms. The van der Waals surface area contributed by atoms with Gasteiger partial charge >= 0.3 is 0 Å². The van der Waals surface area contributed by atoms with Crippen LogP contribution in [0.2, 0.25) is 0 Å². The highest BCUT2D eigenvalue weighted by Gasteiger charge is 2.06. The van der Waals surface area contributed by atoms with Crippen molar-refractivity contribution in [3.63, 3.8) is 0 Å². The zero-order chi connectivity index (χ0) is 16.5. The minimum absolute atomic E-state index is 0.0471. The third-order valence-electron chi connectivity index (χ3n) is 2.96. The summed E-state index contributed by atoms with van der Waals surface area (Å²) in [6.07, 6.45) is 0.0471. The fourth-order valence-electron chi connectivity index (χ4n) is 1.84. The molecule has 0 aliphatic rings. The molecule has 0 fully saturated rings. The van der Waals surface area contributed by atoms with E-state index < -0.39 is 11.8 Å². The van der Waals surface area contributed by atoms with Gasteiger partial charge in [0.2, 0.25) is 5.91 Å². The maximum atomic E-state index is 12.7. The van der Waals surface area contributed by atoms with Crippen LogP contribution in [0.4, 0.5) is 4.39 Å². The molecule has 2 rings (SSSR count). The summed E-state index contributed by atoms with van der Waals surface area (Å²) < 4.78 is 18.0. The number of ether oxygens (including phenoxy) is 1. The van der Waals surface area contributed by atoms with E-state index in [1.54, 1.807) is 0 Å². The molecule has 0 aromatic heterocycles. The summed E-state index contributed by atoms with van der Waals surface area (Å²) in [5.41, 5.74) is 6.16. The lowest BCUT2D eigenvalue weighted by Crippen LogP contribution is -2.44. The third-order valence-corrected chi connectivity index (χ3v) is 2.96. The maximum Gasteiger partial charge on any atom is 0.264 e. The zero-order valence-corrected chi connectivity index (χ0v) is 12.4. The SMILES string of the molecule is O=C(COCc1ccccc1)NNC(=O)Cc1ccc(F)cc1. The van der Waals surface area contributed by atoms with Gasteiger partial charge in [-0.3, -0.25) is 20.4 Å². The largest absolute Gasteiger partial charge is 0.367 e. The average Bonchev–Trinajstić information content (AvgIpc) is 2.56. The van der Waals surface area contributed by atoms with E-state index in [9.17, 15) is 14.0 Å². The number of carbonyl (C=O) groups is 2. The Balaban J connectivity index is 1.63. The van der Waals surface area contributed by atoms with Gasteiger partial charge in [-0.15, -0.1) is 0 Å². The Morgan fingerprint density at radius 2 is 1.52 bits per heavy atom. The van der Waals surface area contributed by atoms with E-state index >= 15 is 0 Å². The Kier molecular flexibility index (Phi) is 6.26. The molecule has 23 heavy (non-hydrogen) atoms. The van der Waals surface area contributed by atoms with Crippen molar-refractivity contribution in [2.75, 3.05) is 6.61 Å². The Morgan fingerprint density at radius 3 is 2.22 bits per heavy atom. The molecule has 2 aromatic rings. The predicted octanol–water partition coefficient (Wildman–Crippen LogP) is 1.73. The van der Waals surface area contributed by atoms with Crippen LogP contribution in [0.15, 0.2) is 54.6 Å². The first-order valence-corrected chi connectivity index (χ1v) is 7.07. The summed E-state index contributed by atoms with van der Waals surface area (Å²) in [5.74, 6) is -1.21. The Bertz CT molecular complexity index is 645. The van der Waals surface area contributed by atoms with E-state index in [4.69, 9.17) is 4.74 Å². The summed E-state index contributed by atoms with van der Waals surface area (Å²) in [4.78, 5) is 23.2. The fourth-order valence-corrected chi connectivity index (χ4v) is 1.84. The maximum absolute atomic E-state index is 12.7. The van der Waals surface area contributed by atoms with Crippen LogP contribution < -0.4 is 10.9 Å². The summed E-state index contributed by atoms with van der Waals surface area (Å²) in [5, 5.41) is 0. The molecule has 2 amide bonds. The van der Waals surface area contributed by atoms with Crippen molar-refractivity contribution in [2.45, 2.75) is 13.0 Å². The van der Waals surface area contributed by atoms with E-state index in [-0.39, 0.29) is 18.8 Å². The van der Waals surface area contributed by atoms with Crippen molar-refractivity contribution >= 4 is 11.8 Å². The minimum Gasteiger partial charge on any atom is -0.367 e. The number of hydrogen-bond donors (Lipinski definition) is 2. The van der Waals surface area contributed by atoms with Crippen molar-refractivity contribution in [3.05, 3.63) is 71.5 Å². The van der Waals surface area contributed by atoms with Gasteiger partial charge in [0.15, 0.2) is 0 Å². The number of hydrazine groups is 1. The Labute approximate surface area is 133 Å². The number of benzene rings is 2. The van der Waals surface area contributed by atoms with Crippen molar-refractivity contribution in [2.24, 2.45) is 0 Å². The zero-order valence-electron chi connectivity index (χ0n) is 12.4. The molecule has 0 radical (unpaired) electrons. The number of carbonyl (C=O) groups excluding carboxylic acids is 2. The first kappa shape index (κ1) is 16.6. The molecule has 0 heterocycles. The molecule has 5 nitrogen and oxygen atoms in total. The molecule has 0 aliphatic carbocycles. The van der Waals surface area contributed by atoms with Crippen LogP contribution in [0, 0.1) is 5.82 Å². The molecule has 0 atom stereocenters. The molecule has 0 saturated carbocycles. The molecule has 2 N–H and O–H groups in total. The van der Waals surface area contributed by atoms with Gasteiger partial charge in [0.25, 0.3) is 5.91 Å². The van der Waals surface area contributed by atoms with E-state index in [0.717, 1.165) is 5.56 Å². The Hall–Kier alpha value is -2.73. The molecule has 6 heteroatoms. The molecule has 120 valence electrons.